The predicted molar refractivity (Wildman–Crippen MR) is 118 cm³/mol. The zero-order valence-electron chi connectivity index (χ0n) is 16.6. The van der Waals surface area contributed by atoms with Crippen LogP contribution in [-0.2, 0) is 16.0 Å². The van der Waals surface area contributed by atoms with Crippen molar-refractivity contribution >= 4 is 46.0 Å². The molecule has 1 heterocycles. The first-order valence-corrected chi connectivity index (χ1v) is 10.3. The van der Waals surface area contributed by atoms with Gasteiger partial charge in [0, 0.05) is 17.0 Å². The van der Waals surface area contributed by atoms with Crippen molar-refractivity contribution in [2.75, 3.05) is 13.2 Å². The van der Waals surface area contributed by atoms with Gasteiger partial charge in [-0.25, -0.2) is 9.78 Å². The highest BCUT2D eigenvalue weighted by Gasteiger charge is 2.27. The van der Waals surface area contributed by atoms with Gasteiger partial charge in [-0.15, -0.1) is 0 Å². The molecule has 4 rings (SSSR count). The van der Waals surface area contributed by atoms with Crippen molar-refractivity contribution in [3.05, 3.63) is 75.9 Å². The van der Waals surface area contributed by atoms with Crippen molar-refractivity contribution < 1.29 is 14.3 Å². The van der Waals surface area contributed by atoms with E-state index in [-0.39, 0.29) is 12.5 Å². The molecule has 0 unspecified atom stereocenters. The number of nitrogens with one attached hydrogen (secondary N) is 1. The number of allylic oxidation sites excluding steroid dienone is 1. The van der Waals surface area contributed by atoms with E-state index >= 15 is 0 Å². The molecule has 5 nitrogen and oxygen atoms in total. The van der Waals surface area contributed by atoms with Crippen LogP contribution in [0.4, 0.5) is 0 Å². The predicted octanol–water partition coefficient (Wildman–Crippen LogP) is 4.67. The van der Waals surface area contributed by atoms with Crippen LogP contribution in [0, 0.1) is 0 Å². The second kappa shape index (κ2) is 8.67. The van der Waals surface area contributed by atoms with Crippen LogP contribution in [0.3, 0.4) is 0 Å². The lowest BCUT2D eigenvalue weighted by molar-refractivity contribution is -0.124. The van der Waals surface area contributed by atoms with E-state index in [1.54, 1.807) is 0 Å². The molecule has 3 aromatic rings. The zero-order valence-corrected chi connectivity index (χ0v) is 17.3. The highest BCUT2D eigenvalue weighted by atomic mass is 35.5. The maximum Gasteiger partial charge on any atom is 0.339 e. The molecular formula is C24H21ClN2O3. The molecule has 152 valence electrons. The first kappa shape index (κ1) is 20.1. The number of nitrogens with zero attached hydrogens (tertiary/aromatic N) is 1. The summed E-state index contributed by atoms with van der Waals surface area (Å²) in [6.07, 6.45) is 3.55. The Kier molecular flexibility index (Phi) is 5.81. The number of carbonyl (C=O) groups excluding carboxylic acids is 2. The number of hydrogen-bond acceptors (Lipinski definition) is 4. The summed E-state index contributed by atoms with van der Waals surface area (Å²) in [4.78, 5) is 29.5. The van der Waals surface area contributed by atoms with Gasteiger partial charge < -0.3 is 10.1 Å². The molecule has 0 aliphatic heterocycles. The maximum absolute atomic E-state index is 13.0. The summed E-state index contributed by atoms with van der Waals surface area (Å²) in [6, 6.07) is 15.1. The van der Waals surface area contributed by atoms with Gasteiger partial charge >= 0.3 is 5.97 Å². The molecule has 0 saturated heterocycles. The summed E-state index contributed by atoms with van der Waals surface area (Å²) < 4.78 is 5.33. The lowest BCUT2D eigenvalue weighted by Crippen LogP contribution is -2.28. The fourth-order valence-electron chi connectivity index (χ4n) is 3.72. The number of pyridine rings is 1. The minimum Gasteiger partial charge on any atom is -0.452 e. The van der Waals surface area contributed by atoms with Crippen LogP contribution in [0.2, 0.25) is 5.02 Å². The van der Waals surface area contributed by atoms with Crippen LogP contribution in [0.1, 0.15) is 40.5 Å². The van der Waals surface area contributed by atoms with Crippen LogP contribution in [0.25, 0.3) is 22.6 Å². The van der Waals surface area contributed by atoms with Gasteiger partial charge in [-0.05, 0) is 60.7 Å². The summed E-state index contributed by atoms with van der Waals surface area (Å²) in [6.45, 7) is 2.01. The second-order valence-electron chi connectivity index (χ2n) is 7.08. The third kappa shape index (κ3) is 4.07. The van der Waals surface area contributed by atoms with Gasteiger partial charge in [0.1, 0.15) is 0 Å². The Morgan fingerprint density at radius 2 is 1.90 bits per heavy atom. The van der Waals surface area contributed by atoms with Crippen molar-refractivity contribution in [3.63, 3.8) is 0 Å². The Hall–Kier alpha value is -3.18. The number of rotatable bonds is 5. The van der Waals surface area contributed by atoms with E-state index in [0.29, 0.717) is 23.6 Å². The average Bonchev–Trinajstić information content (AvgIpc) is 3.14. The van der Waals surface area contributed by atoms with Crippen LogP contribution in [0.5, 0.6) is 0 Å². The molecule has 0 atom stereocenters. The molecule has 0 bridgehead atoms. The minimum atomic E-state index is -0.496. The van der Waals surface area contributed by atoms with Gasteiger partial charge in [0.05, 0.1) is 16.8 Å². The molecule has 1 amide bonds. The summed E-state index contributed by atoms with van der Waals surface area (Å²) in [7, 11) is 0. The fourth-order valence-corrected chi connectivity index (χ4v) is 3.85. The summed E-state index contributed by atoms with van der Waals surface area (Å²) in [5.41, 5.74) is 5.00. The quantitative estimate of drug-likeness (QED) is 0.609. The van der Waals surface area contributed by atoms with Gasteiger partial charge in [0.15, 0.2) is 6.61 Å². The van der Waals surface area contributed by atoms with E-state index in [0.717, 1.165) is 39.7 Å². The van der Waals surface area contributed by atoms with E-state index in [9.17, 15) is 9.59 Å². The Morgan fingerprint density at radius 1 is 1.13 bits per heavy atom. The topological polar surface area (TPSA) is 68.3 Å². The number of benzene rings is 2. The second-order valence-corrected chi connectivity index (χ2v) is 7.52. The number of amides is 1. The van der Waals surface area contributed by atoms with Gasteiger partial charge in [0.2, 0.25) is 0 Å². The van der Waals surface area contributed by atoms with Crippen LogP contribution in [0.15, 0.2) is 48.5 Å². The number of ether oxygens (including phenoxy) is 1. The Morgan fingerprint density at radius 3 is 2.67 bits per heavy atom. The molecule has 1 aliphatic rings. The summed E-state index contributed by atoms with van der Waals surface area (Å²) >= 11 is 5.99. The third-order valence-corrected chi connectivity index (χ3v) is 5.32. The van der Waals surface area contributed by atoms with E-state index in [4.69, 9.17) is 21.3 Å². The lowest BCUT2D eigenvalue weighted by atomic mass is 10.0. The van der Waals surface area contributed by atoms with Crippen molar-refractivity contribution in [3.8, 4) is 0 Å². The van der Waals surface area contributed by atoms with E-state index in [1.807, 2.05) is 55.5 Å². The molecule has 0 spiro atoms. The van der Waals surface area contributed by atoms with Gasteiger partial charge in [-0.2, -0.15) is 0 Å². The zero-order chi connectivity index (χ0) is 21.1. The normalized spacial score (nSPS) is 14.0. The van der Waals surface area contributed by atoms with Gasteiger partial charge in [-0.3, -0.25) is 4.79 Å². The Bertz CT molecular complexity index is 1150. The average molecular weight is 421 g/mol. The highest BCUT2D eigenvalue weighted by Crippen LogP contribution is 2.37. The SMILES string of the molecule is CCNC(=O)COC(=O)c1c2c(nc3ccccc13)/C(=C/c1ccc(Cl)cc1)CC2. The number of aromatic nitrogens is 1. The molecule has 0 fully saturated rings. The molecule has 1 aromatic heterocycles. The largest absolute Gasteiger partial charge is 0.452 e. The molecule has 1 N–H and O–H groups in total. The number of likely N-dealkylation sites (N-methyl/N-ethyl adjacent to an activating group) is 1. The summed E-state index contributed by atoms with van der Waals surface area (Å²) in [5.74, 6) is -0.812. The summed E-state index contributed by atoms with van der Waals surface area (Å²) in [5, 5.41) is 4.06. The molecule has 2 aromatic carbocycles. The van der Waals surface area contributed by atoms with Crippen molar-refractivity contribution in [2.45, 2.75) is 19.8 Å². The van der Waals surface area contributed by atoms with E-state index < -0.39 is 5.97 Å². The first-order valence-electron chi connectivity index (χ1n) is 9.88. The van der Waals surface area contributed by atoms with Crippen molar-refractivity contribution in [1.29, 1.82) is 0 Å². The first-order chi connectivity index (χ1) is 14.6. The van der Waals surface area contributed by atoms with Gasteiger partial charge in [-0.1, -0.05) is 41.9 Å². The van der Waals surface area contributed by atoms with Crippen LogP contribution in [-0.4, -0.2) is 30.0 Å². The molecule has 30 heavy (non-hydrogen) atoms. The number of halogens is 1. The van der Waals surface area contributed by atoms with E-state index in [1.165, 1.54) is 0 Å². The molecular weight excluding hydrogens is 400 g/mol. The molecule has 6 heteroatoms. The smallest absolute Gasteiger partial charge is 0.339 e. The molecule has 0 radical (unpaired) electrons. The third-order valence-electron chi connectivity index (χ3n) is 5.07. The Balaban J connectivity index is 1.75. The maximum atomic E-state index is 13.0. The fraction of sp³-hybridized carbons (Fsp3) is 0.208. The molecule has 0 saturated carbocycles. The van der Waals surface area contributed by atoms with Crippen LogP contribution < -0.4 is 5.32 Å². The number of esters is 1. The van der Waals surface area contributed by atoms with Crippen LogP contribution >= 0.6 is 11.6 Å². The van der Waals surface area contributed by atoms with Crippen molar-refractivity contribution in [1.82, 2.24) is 10.3 Å². The lowest BCUT2D eigenvalue weighted by Gasteiger charge is -2.12. The van der Waals surface area contributed by atoms with Crippen molar-refractivity contribution in [2.24, 2.45) is 0 Å². The standard InChI is InChI=1S/C24H21ClN2O3/c1-2-26-21(28)14-30-24(29)22-18-5-3-4-6-20(18)27-23-16(9-12-19(22)23)13-15-7-10-17(25)11-8-15/h3-8,10-11,13H,2,9,12,14H2,1H3,(H,26,28)/b16-13+. The number of hydrogen-bond donors (Lipinski definition) is 1. The Labute approximate surface area is 179 Å². The number of para-hydroxylation sites is 1. The molecule has 1 aliphatic carbocycles. The van der Waals surface area contributed by atoms with E-state index in [2.05, 4.69) is 11.4 Å². The monoisotopic (exact) mass is 420 g/mol. The minimum absolute atomic E-state index is 0.300. The number of fused-ring (bicyclic) bond motifs is 2. The van der Waals surface area contributed by atoms with Gasteiger partial charge in [0.25, 0.3) is 5.91 Å². The highest BCUT2D eigenvalue weighted by molar-refractivity contribution is 6.30. The number of carbonyl (C=O) groups is 2.